The van der Waals surface area contributed by atoms with Crippen LogP contribution in [0.3, 0.4) is 0 Å². The van der Waals surface area contributed by atoms with Crippen LogP contribution in [0.1, 0.15) is 72.6 Å². The van der Waals surface area contributed by atoms with Gasteiger partial charge in [-0.25, -0.2) is 0 Å². The molecule has 3 saturated carbocycles. The van der Waals surface area contributed by atoms with Crippen LogP contribution in [-0.4, -0.2) is 55.4 Å². The van der Waals surface area contributed by atoms with Gasteiger partial charge in [0.05, 0.1) is 19.8 Å². The van der Waals surface area contributed by atoms with E-state index in [0.717, 1.165) is 38.5 Å². The number of rotatable bonds is 5. The summed E-state index contributed by atoms with van der Waals surface area (Å²) in [5, 5.41) is 10.6. The molecular weight excluding hydrogens is 412 g/mol. The number of hydrogen-bond acceptors (Lipinski definition) is 7. The maximum atomic E-state index is 11.6. The summed E-state index contributed by atoms with van der Waals surface area (Å²) >= 11 is 0. The Morgan fingerprint density at radius 1 is 0.969 bits per heavy atom. The molecule has 0 aromatic heterocycles. The van der Waals surface area contributed by atoms with Gasteiger partial charge in [-0.3, -0.25) is 9.59 Å². The molecule has 0 radical (unpaired) electrons. The summed E-state index contributed by atoms with van der Waals surface area (Å²) in [6, 6.07) is 0. The predicted molar refractivity (Wildman–Crippen MR) is 116 cm³/mol. The Hall–Kier alpha value is -1.18. The quantitative estimate of drug-likeness (QED) is 0.639. The molecular formula is C25H40O7. The van der Waals surface area contributed by atoms with Crippen LogP contribution in [0.5, 0.6) is 0 Å². The van der Waals surface area contributed by atoms with Crippen molar-refractivity contribution in [2.75, 3.05) is 26.4 Å². The van der Waals surface area contributed by atoms with Gasteiger partial charge in [-0.1, -0.05) is 13.8 Å². The van der Waals surface area contributed by atoms with Gasteiger partial charge in [0.2, 0.25) is 0 Å². The number of fused-ring (bicyclic) bond motifs is 2. The molecule has 0 unspecified atom stereocenters. The van der Waals surface area contributed by atoms with E-state index in [1.54, 1.807) is 0 Å². The lowest BCUT2D eigenvalue weighted by atomic mass is 9.49. The average Bonchev–Trinajstić information content (AvgIpc) is 3.33. The monoisotopic (exact) mass is 452 g/mol. The summed E-state index contributed by atoms with van der Waals surface area (Å²) in [6.45, 7) is 9.25. The molecule has 0 aromatic rings. The minimum absolute atomic E-state index is 0.0854. The Morgan fingerprint density at radius 3 is 2.28 bits per heavy atom. The number of carbonyl (C=O) groups is 2. The summed E-state index contributed by atoms with van der Waals surface area (Å²) in [5.74, 6) is -0.174. The van der Waals surface area contributed by atoms with Crippen LogP contribution in [0.2, 0.25) is 0 Å². The van der Waals surface area contributed by atoms with Crippen molar-refractivity contribution < 1.29 is 33.6 Å². The zero-order chi connectivity index (χ0) is 23.1. The molecule has 1 N–H and O–H groups in total. The van der Waals surface area contributed by atoms with E-state index in [2.05, 4.69) is 13.8 Å². The van der Waals surface area contributed by atoms with E-state index in [4.69, 9.17) is 18.9 Å². The van der Waals surface area contributed by atoms with Gasteiger partial charge in [0, 0.05) is 38.2 Å². The molecule has 1 saturated heterocycles. The second-order valence-corrected chi connectivity index (χ2v) is 11.0. The third-order valence-corrected chi connectivity index (χ3v) is 9.60. The van der Waals surface area contributed by atoms with Gasteiger partial charge in [-0.05, 0) is 61.7 Å². The van der Waals surface area contributed by atoms with Crippen molar-refractivity contribution in [1.82, 2.24) is 0 Å². The maximum Gasteiger partial charge on any atom is 0.302 e. The highest BCUT2D eigenvalue weighted by atomic mass is 16.7. The Bertz CT molecular complexity index is 717. The minimum atomic E-state index is -0.499. The first-order valence-corrected chi connectivity index (χ1v) is 12.3. The molecule has 4 aliphatic rings. The van der Waals surface area contributed by atoms with Crippen LogP contribution in [-0.2, 0) is 28.5 Å². The van der Waals surface area contributed by atoms with Crippen molar-refractivity contribution in [3.63, 3.8) is 0 Å². The smallest absolute Gasteiger partial charge is 0.302 e. The number of aliphatic hydroxyl groups excluding tert-OH is 1. The predicted octanol–water partition coefficient (Wildman–Crippen LogP) is 3.47. The molecule has 4 rings (SSSR count). The average molecular weight is 453 g/mol. The van der Waals surface area contributed by atoms with Gasteiger partial charge in [0.15, 0.2) is 5.79 Å². The third kappa shape index (κ3) is 3.88. The van der Waals surface area contributed by atoms with Crippen molar-refractivity contribution >= 4 is 11.9 Å². The largest absolute Gasteiger partial charge is 0.466 e. The molecule has 0 amide bonds. The third-order valence-electron chi connectivity index (χ3n) is 9.60. The summed E-state index contributed by atoms with van der Waals surface area (Å²) in [7, 11) is 0. The summed E-state index contributed by atoms with van der Waals surface area (Å²) in [6.07, 6.45) is 6.12. The number of carbonyl (C=O) groups excluding carboxylic acids is 2. The van der Waals surface area contributed by atoms with Crippen molar-refractivity contribution in [3.05, 3.63) is 0 Å². The fourth-order valence-corrected chi connectivity index (χ4v) is 7.93. The fourth-order valence-electron chi connectivity index (χ4n) is 7.93. The number of aliphatic hydroxyl groups is 1. The Morgan fingerprint density at radius 2 is 1.66 bits per heavy atom. The van der Waals surface area contributed by atoms with Gasteiger partial charge in [0.25, 0.3) is 0 Å². The van der Waals surface area contributed by atoms with Crippen LogP contribution < -0.4 is 0 Å². The van der Waals surface area contributed by atoms with Gasteiger partial charge in [-0.2, -0.15) is 0 Å². The van der Waals surface area contributed by atoms with E-state index in [1.807, 2.05) is 0 Å². The van der Waals surface area contributed by atoms with Gasteiger partial charge in [-0.15, -0.1) is 0 Å². The molecule has 1 aliphatic heterocycles. The normalized spacial score (nSPS) is 43.1. The first kappa shape index (κ1) is 24.0. The van der Waals surface area contributed by atoms with Crippen LogP contribution in [0.25, 0.3) is 0 Å². The van der Waals surface area contributed by atoms with E-state index in [1.165, 1.54) is 13.8 Å². The molecule has 7 nitrogen and oxygen atoms in total. The van der Waals surface area contributed by atoms with Crippen molar-refractivity contribution in [1.29, 1.82) is 0 Å². The zero-order valence-electron chi connectivity index (χ0n) is 20.1. The van der Waals surface area contributed by atoms with Crippen molar-refractivity contribution in [3.8, 4) is 0 Å². The first-order valence-electron chi connectivity index (χ1n) is 12.3. The number of ether oxygens (including phenoxy) is 4. The van der Waals surface area contributed by atoms with Crippen LogP contribution >= 0.6 is 0 Å². The van der Waals surface area contributed by atoms with Gasteiger partial charge < -0.3 is 24.1 Å². The van der Waals surface area contributed by atoms with E-state index >= 15 is 0 Å². The maximum absolute atomic E-state index is 11.6. The van der Waals surface area contributed by atoms with Crippen molar-refractivity contribution in [2.45, 2.75) is 84.5 Å². The molecule has 182 valence electrons. The molecule has 0 bridgehead atoms. The van der Waals surface area contributed by atoms with E-state index in [-0.39, 0.29) is 47.3 Å². The summed E-state index contributed by atoms with van der Waals surface area (Å²) in [5.41, 5.74) is -0.196. The van der Waals surface area contributed by atoms with E-state index < -0.39 is 5.79 Å². The minimum Gasteiger partial charge on any atom is -0.466 e. The lowest BCUT2D eigenvalue weighted by Gasteiger charge is -2.57. The van der Waals surface area contributed by atoms with E-state index in [9.17, 15) is 14.7 Å². The molecule has 7 heteroatoms. The molecule has 4 fully saturated rings. The second kappa shape index (κ2) is 8.88. The molecule has 1 spiro atoms. The highest BCUT2D eigenvalue weighted by Crippen LogP contribution is 2.66. The highest BCUT2D eigenvalue weighted by Gasteiger charge is 2.66. The zero-order valence-corrected chi connectivity index (χ0v) is 20.1. The number of hydrogen-bond donors (Lipinski definition) is 1. The highest BCUT2D eigenvalue weighted by molar-refractivity contribution is 5.66. The lowest BCUT2D eigenvalue weighted by molar-refractivity contribution is -0.246. The van der Waals surface area contributed by atoms with Crippen LogP contribution in [0, 0.1) is 34.5 Å². The van der Waals surface area contributed by atoms with Gasteiger partial charge in [0.1, 0.15) is 6.10 Å². The molecule has 7 atom stereocenters. The van der Waals surface area contributed by atoms with E-state index in [0.29, 0.717) is 38.1 Å². The molecule has 0 aromatic carbocycles. The van der Waals surface area contributed by atoms with Crippen LogP contribution in [0.4, 0.5) is 0 Å². The molecule has 3 aliphatic carbocycles. The molecule has 1 heterocycles. The summed E-state index contributed by atoms with van der Waals surface area (Å²) in [4.78, 5) is 23.2. The standard InChI is InChI=1S/C25H40O7/c1-16(27)29-15-18-13-19(32-17(2)28)5-8-23(18,3)21-6-9-24(4)22(20(21)14-26)7-10-25(24)30-11-12-31-25/h18-22,26H,5-15H2,1-4H3/t18-,19+,20-,21+,22+,23+,24+/m1/s1. The Balaban J connectivity index is 1.58. The Kier molecular flexibility index (Phi) is 6.65. The first-order chi connectivity index (χ1) is 15.1. The van der Waals surface area contributed by atoms with Crippen molar-refractivity contribution in [2.24, 2.45) is 34.5 Å². The van der Waals surface area contributed by atoms with Gasteiger partial charge >= 0.3 is 11.9 Å². The van der Waals surface area contributed by atoms with Crippen LogP contribution in [0.15, 0.2) is 0 Å². The summed E-state index contributed by atoms with van der Waals surface area (Å²) < 4.78 is 23.4. The number of esters is 2. The molecule has 32 heavy (non-hydrogen) atoms. The second-order valence-electron chi connectivity index (χ2n) is 11.0. The SMILES string of the molecule is CC(=O)OC[C@H]1C[C@@H](OC(C)=O)CC[C@]1(C)[C@H]1CC[C@@]2(C)[C@@H](CCC23OCCO3)[C@@H]1CO. The topological polar surface area (TPSA) is 91.3 Å². The lowest BCUT2D eigenvalue weighted by Crippen LogP contribution is -2.56. The fraction of sp³-hybridized carbons (Fsp3) is 0.920. The Labute approximate surface area is 191 Å².